The fourth-order valence-electron chi connectivity index (χ4n) is 2.63. The first-order chi connectivity index (χ1) is 9.69. The fraction of sp³-hybridized carbons (Fsp3) is 0.400. The average molecular weight is 271 g/mol. The van der Waals surface area contributed by atoms with Gasteiger partial charge in [-0.1, -0.05) is 12.1 Å². The van der Waals surface area contributed by atoms with E-state index in [9.17, 15) is 4.79 Å². The highest BCUT2D eigenvalue weighted by atomic mass is 16.5. The number of hydrogen-bond donors (Lipinski definition) is 0. The van der Waals surface area contributed by atoms with Crippen molar-refractivity contribution >= 4 is 5.97 Å². The molecule has 0 saturated carbocycles. The number of nitrogens with zero attached hydrogens (tertiary/aromatic N) is 3. The molecule has 0 bridgehead atoms. The van der Waals surface area contributed by atoms with Gasteiger partial charge in [-0.25, -0.2) is 14.5 Å². The Bertz CT molecular complexity index is 661. The number of aromatic nitrogens is 3. The summed E-state index contributed by atoms with van der Waals surface area (Å²) < 4.78 is 6.56. The summed E-state index contributed by atoms with van der Waals surface area (Å²) in [6, 6.07) is 6.35. The summed E-state index contributed by atoms with van der Waals surface area (Å²) in [5.74, 6) is 0.336. The molecule has 1 heterocycles. The van der Waals surface area contributed by atoms with E-state index in [1.165, 1.54) is 17.5 Å². The smallest absolute Gasteiger partial charge is 0.378 e. The topological polar surface area (TPSA) is 57.0 Å². The third kappa shape index (κ3) is 2.19. The molecule has 0 N–H and O–H groups in total. The Morgan fingerprint density at radius 2 is 2.15 bits per heavy atom. The van der Waals surface area contributed by atoms with Gasteiger partial charge in [0.1, 0.15) is 0 Å². The number of aryl methyl sites for hydroxylation is 3. The number of benzene rings is 1. The van der Waals surface area contributed by atoms with Gasteiger partial charge in [0.05, 0.1) is 6.61 Å². The lowest BCUT2D eigenvalue weighted by Crippen LogP contribution is -2.07. The largest absolute Gasteiger partial charge is 0.460 e. The molecule has 0 fully saturated rings. The monoisotopic (exact) mass is 271 g/mol. The summed E-state index contributed by atoms with van der Waals surface area (Å²) in [6.07, 6.45) is 3.49. The zero-order valence-electron chi connectivity index (χ0n) is 11.7. The average Bonchev–Trinajstić information content (AvgIpc) is 3.04. The molecule has 0 amide bonds. The number of rotatable bonds is 3. The van der Waals surface area contributed by atoms with Crippen LogP contribution in [0, 0.1) is 0 Å². The maximum atomic E-state index is 11.7. The van der Waals surface area contributed by atoms with Crippen molar-refractivity contribution in [3.63, 3.8) is 0 Å². The Balaban J connectivity index is 1.96. The summed E-state index contributed by atoms with van der Waals surface area (Å²) in [6.45, 7) is 2.09. The standard InChI is InChI=1S/C15H17N3O2/c1-3-20-15(19)13-16-14(18(2)17-13)12-8-7-10-5-4-6-11(10)9-12/h7-9H,3-6H2,1-2H3. The lowest BCUT2D eigenvalue weighted by molar-refractivity contribution is 0.0512. The van der Waals surface area contributed by atoms with Gasteiger partial charge in [-0.05, 0) is 43.4 Å². The molecule has 0 atom stereocenters. The number of hydrogen-bond acceptors (Lipinski definition) is 4. The van der Waals surface area contributed by atoms with E-state index in [1.54, 1.807) is 18.7 Å². The van der Waals surface area contributed by atoms with Gasteiger partial charge in [0.2, 0.25) is 0 Å². The second-order valence-electron chi connectivity index (χ2n) is 4.94. The molecule has 5 heteroatoms. The van der Waals surface area contributed by atoms with Crippen molar-refractivity contribution in [2.24, 2.45) is 7.05 Å². The Morgan fingerprint density at radius 3 is 2.95 bits per heavy atom. The van der Waals surface area contributed by atoms with Crippen LogP contribution in [0.1, 0.15) is 35.1 Å². The van der Waals surface area contributed by atoms with E-state index >= 15 is 0 Å². The molecule has 1 aromatic carbocycles. The minimum atomic E-state index is -0.476. The second-order valence-corrected chi connectivity index (χ2v) is 4.94. The molecule has 5 nitrogen and oxygen atoms in total. The van der Waals surface area contributed by atoms with Gasteiger partial charge < -0.3 is 4.74 Å². The number of carbonyl (C=O) groups is 1. The van der Waals surface area contributed by atoms with Crippen LogP contribution in [-0.4, -0.2) is 27.3 Å². The van der Waals surface area contributed by atoms with E-state index in [4.69, 9.17) is 4.74 Å². The highest BCUT2D eigenvalue weighted by molar-refractivity contribution is 5.85. The quantitative estimate of drug-likeness (QED) is 0.803. The minimum Gasteiger partial charge on any atom is -0.460 e. The summed E-state index contributed by atoms with van der Waals surface area (Å²) in [4.78, 5) is 16.0. The fourth-order valence-corrected chi connectivity index (χ4v) is 2.63. The highest BCUT2D eigenvalue weighted by Crippen LogP contribution is 2.27. The van der Waals surface area contributed by atoms with Crippen LogP contribution in [0.3, 0.4) is 0 Å². The first-order valence-electron chi connectivity index (χ1n) is 6.89. The summed E-state index contributed by atoms with van der Waals surface area (Å²) in [5, 5.41) is 4.13. The van der Waals surface area contributed by atoms with Crippen LogP contribution >= 0.6 is 0 Å². The van der Waals surface area contributed by atoms with E-state index in [0.29, 0.717) is 12.4 Å². The molecular weight excluding hydrogens is 254 g/mol. The molecule has 0 unspecified atom stereocenters. The van der Waals surface area contributed by atoms with Crippen molar-refractivity contribution in [3.8, 4) is 11.4 Å². The van der Waals surface area contributed by atoms with Crippen molar-refractivity contribution in [2.75, 3.05) is 6.61 Å². The maximum absolute atomic E-state index is 11.7. The lowest BCUT2D eigenvalue weighted by atomic mass is 10.1. The second kappa shape index (κ2) is 5.07. The molecule has 1 aliphatic rings. The molecular formula is C15H17N3O2. The summed E-state index contributed by atoms with van der Waals surface area (Å²) in [7, 11) is 1.79. The molecule has 0 spiro atoms. The van der Waals surface area contributed by atoms with Crippen molar-refractivity contribution in [1.29, 1.82) is 0 Å². The number of fused-ring (bicyclic) bond motifs is 1. The van der Waals surface area contributed by atoms with Crippen LogP contribution in [0.2, 0.25) is 0 Å². The van der Waals surface area contributed by atoms with Crippen LogP contribution in [0.15, 0.2) is 18.2 Å². The van der Waals surface area contributed by atoms with Crippen LogP contribution in [0.5, 0.6) is 0 Å². The van der Waals surface area contributed by atoms with Crippen molar-refractivity contribution in [2.45, 2.75) is 26.2 Å². The predicted octanol–water partition coefficient (Wildman–Crippen LogP) is 2.15. The first-order valence-corrected chi connectivity index (χ1v) is 6.89. The molecule has 0 radical (unpaired) electrons. The van der Waals surface area contributed by atoms with E-state index in [-0.39, 0.29) is 5.82 Å². The lowest BCUT2D eigenvalue weighted by Gasteiger charge is -2.03. The Hall–Kier alpha value is -2.17. The van der Waals surface area contributed by atoms with E-state index in [2.05, 4.69) is 22.2 Å². The zero-order chi connectivity index (χ0) is 14.1. The molecule has 1 aromatic heterocycles. The van der Waals surface area contributed by atoms with Gasteiger partial charge in [-0.15, -0.1) is 5.10 Å². The Kier molecular flexibility index (Phi) is 3.26. The molecule has 2 aromatic rings. The number of carbonyl (C=O) groups excluding carboxylic acids is 1. The van der Waals surface area contributed by atoms with Gasteiger partial charge in [-0.2, -0.15) is 0 Å². The van der Waals surface area contributed by atoms with E-state index < -0.39 is 5.97 Å². The highest BCUT2D eigenvalue weighted by Gasteiger charge is 2.18. The third-order valence-corrected chi connectivity index (χ3v) is 3.58. The summed E-state index contributed by atoms with van der Waals surface area (Å²) in [5.41, 5.74) is 3.79. The van der Waals surface area contributed by atoms with Gasteiger partial charge >= 0.3 is 5.97 Å². The van der Waals surface area contributed by atoms with Crippen LogP contribution in [-0.2, 0) is 24.6 Å². The van der Waals surface area contributed by atoms with E-state index in [0.717, 1.165) is 18.4 Å². The molecule has 20 heavy (non-hydrogen) atoms. The predicted molar refractivity (Wildman–Crippen MR) is 74.4 cm³/mol. The van der Waals surface area contributed by atoms with Crippen LogP contribution in [0.25, 0.3) is 11.4 Å². The zero-order valence-corrected chi connectivity index (χ0v) is 11.7. The van der Waals surface area contributed by atoms with Crippen molar-refractivity contribution < 1.29 is 9.53 Å². The van der Waals surface area contributed by atoms with Crippen molar-refractivity contribution in [3.05, 3.63) is 35.2 Å². The van der Waals surface area contributed by atoms with Crippen molar-refractivity contribution in [1.82, 2.24) is 14.8 Å². The third-order valence-electron chi connectivity index (χ3n) is 3.58. The molecule has 3 rings (SSSR count). The minimum absolute atomic E-state index is 0.116. The van der Waals surface area contributed by atoms with Gasteiger partial charge in [0.15, 0.2) is 5.82 Å². The SMILES string of the molecule is CCOC(=O)c1nc(-c2ccc3c(c2)CCC3)n(C)n1. The molecule has 1 aliphatic carbocycles. The van der Waals surface area contributed by atoms with Gasteiger partial charge in [0, 0.05) is 12.6 Å². The molecule has 0 saturated heterocycles. The Labute approximate surface area is 117 Å². The maximum Gasteiger partial charge on any atom is 0.378 e. The summed E-state index contributed by atoms with van der Waals surface area (Å²) >= 11 is 0. The van der Waals surface area contributed by atoms with Gasteiger partial charge in [0.25, 0.3) is 5.82 Å². The molecule has 0 aliphatic heterocycles. The van der Waals surface area contributed by atoms with Gasteiger partial charge in [-0.3, -0.25) is 0 Å². The number of ether oxygens (including phenoxy) is 1. The first kappa shape index (κ1) is 12.8. The van der Waals surface area contributed by atoms with E-state index in [1.807, 2.05) is 6.07 Å². The van der Waals surface area contributed by atoms with Crippen LogP contribution < -0.4 is 0 Å². The number of esters is 1. The van der Waals surface area contributed by atoms with Crippen LogP contribution in [0.4, 0.5) is 0 Å². The molecule has 104 valence electrons. The Morgan fingerprint density at radius 1 is 1.35 bits per heavy atom. The normalized spacial score (nSPS) is 13.3.